The van der Waals surface area contributed by atoms with Gasteiger partial charge in [-0.3, -0.25) is 4.68 Å². The zero-order chi connectivity index (χ0) is 17.4. The number of hydrogen-bond acceptors (Lipinski definition) is 4. The van der Waals surface area contributed by atoms with Crippen molar-refractivity contribution in [2.45, 2.75) is 38.3 Å². The van der Waals surface area contributed by atoms with E-state index in [4.69, 9.17) is 0 Å². The summed E-state index contributed by atoms with van der Waals surface area (Å²) in [5.41, 5.74) is 2.61. The van der Waals surface area contributed by atoms with Crippen LogP contribution in [0.4, 0.5) is 13.2 Å². The number of alkyl halides is 3. The summed E-state index contributed by atoms with van der Waals surface area (Å²) >= 11 is 0. The van der Waals surface area contributed by atoms with E-state index in [1.54, 1.807) is 18.3 Å². The minimum Gasteiger partial charge on any atom is -0.350 e. The van der Waals surface area contributed by atoms with Crippen molar-refractivity contribution in [3.8, 4) is 0 Å². The van der Waals surface area contributed by atoms with Crippen LogP contribution < -0.4 is 0 Å². The molecule has 0 fully saturated rings. The van der Waals surface area contributed by atoms with Crippen LogP contribution in [-0.4, -0.2) is 32.6 Å². The second kappa shape index (κ2) is 5.94. The Bertz CT molecular complexity index is 753. The Labute approximate surface area is 136 Å². The van der Waals surface area contributed by atoms with Gasteiger partial charge < -0.3 is 9.94 Å². The van der Waals surface area contributed by atoms with E-state index in [1.807, 2.05) is 29.8 Å². The number of hydrogen-bond donors (Lipinski definition) is 1. The van der Waals surface area contributed by atoms with Gasteiger partial charge in [0.2, 0.25) is 0 Å². The average molecular weight is 339 g/mol. The number of aryl methyl sites for hydroxylation is 1. The van der Waals surface area contributed by atoms with E-state index in [9.17, 15) is 18.3 Å². The van der Waals surface area contributed by atoms with E-state index in [-0.39, 0.29) is 5.71 Å². The summed E-state index contributed by atoms with van der Waals surface area (Å²) in [5, 5.41) is 17.1. The minimum absolute atomic E-state index is 0.0694. The van der Waals surface area contributed by atoms with Crippen molar-refractivity contribution in [3.05, 3.63) is 53.3 Å². The van der Waals surface area contributed by atoms with Crippen molar-refractivity contribution in [2.24, 2.45) is 5.16 Å². The Hall–Kier alpha value is -2.35. The van der Waals surface area contributed by atoms with Gasteiger partial charge in [-0.05, 0) is 24.1 Å². The van der Waals surface area contributed by atoms with E-state index >= 15 is 0 Å². The van der Waals surface area contributed by atoms with E-state index < -0.39 is 18.4 Å². The molecule has 2 aromatic rings. The molecule has 1 aromatic heterocycles. The first-order chi connectivity index (χ1) is 11.3. The lowest BCUT2D eigenvalue weighted by Gasteiger charge is -2.22. The highest BCUT2D eigenvalue weighted by Gasteiger charge is 2.60. The normalized spacial score (nSPS) is 20.8. The van der Waals surface area contributed by atoms with Crippen LogP contribution in [0.5, 0.6) is 0 Å². The van der Waals surface area contributed by atoms with Crippen molar-refractivity contribution < 1.29 is 23.1 Å². The fourth-order valence-electron chi connectivity index (χ4n) is 2.55. The van der Waals surface area contributed by atoms with Crippen molar-refractivity contribution in [1.82, 2.24) is 9.78 Å². The average Bonchev–Trinajstić information content (AvgIpc) is 3.15. The van der Waals surface area contributed by atoms with Gasteiger partial charge in [0, 0.05) is 24.9 Å². The third-order valence-corrected chi connectivity index (χ3v) is 3.93. The van der Waals surface area contributed by atoms with E-state index in [0.717, 1.165) is 17.8 Å². The third kappa shape index (κ3) is 3.01. The summed E-state index contributed by atoms with van der Waals surface area (Å²) in [4.78, 5) is 4.22. The molecule has 0 radical (unpaired) electrons. The zero-order valence-corrected chi connectivity index (χ0v) is 12.9. The molecule has 0 spiro atoms. The molecule has 0 bridgehead atoms. The van der Waals surface area contributed by atoms with Crippen molar-refractivity contribution in [2.75, 3.05) is 0 Å². The Morgan fingerprint density at radius 2 is 1.96 bits per heavy atom. The summed E-state index contributed by atoms with van der Waals surface area (Å²) in [6.45, 7) is 2.77. The number of nitrogens with zero attached hydrogens (tertiary/aromatic N) is 3. The van der Waals surface area contributed by atoms with Crippen LogP contribution in [0.15, 0.2) is 41.7 Å². The number of aromatic nitrogens is 2. The summed E-state index contributed by atoms with van der Waals surface area (Å²) < 4.78 is 40.1. The largest absolute Gasteiger partial charge is 0.458 e. The van der Waals surface area contributed by atoms with Gasteiger partial charge in [0.25, 0.3) is 0 Å². The highest BCUT2D eigenvalue weighted by Crippen LogP contribution is 2.38. The second-order valence-corrected chi connectivity index (χ2v) is 5.60. The quantitative estimate of drug-likeness (QED) is 0.932. The van der Waals surface area contributed by atoms with Gasteiger partial charge in [-0.1, -0.05) is 29.4 Å². The van der Waals surface area contributed by atoms with Crippen LogP contribution in [0.25, 0.3) is 0 Å². The summed E-state index contributed by atoms with van der Waals surface area (Å²) in [7, 11) is 0. The SMILES string of the molecule is CCn1nccc1Cc1ccc(C2=NOC(O)(C(F)(F)F)C2)cc1. The fourth-order valence-corrected chi connectivity index (χ4v) is 2.55. The lowest BCUT2D eigenvalue weighted by Crippen LogP contribution is -2.45. The van der Waals surface area contributed by atoms with Crippen LogP contribution in [0.1, 0.15) is 30.2 Å². The van der Waals surface area contributed by atoms with Crippen molar-refractivity contribution in [3.63, 3.8) is 0 Å². The standard InChI is InChI=1S/C16H16F3N3O2/c1-2-22-13(7-8-20-22)9-11-3-5-12(6-4-11)14-10-15(23,24-21-14)16(17,18)19/h3-8,23H,2,9-10H2,1H3. The molecule has 3 rings (SSSR count). The van der Waals surface area contributed by atoms with Crippen LogP contribution >= 0.6 is 0 Å². The maximum Gasteiger partial charge on any atom is 0.458 e. The van der Waals surface area contributed by atoms with Gasteiger partial charge >= 0.3 is 12.0 Å². The monoisotopic (exact) mass is 339 g/mol. The first-order valence-electron chi connectivity index (χ1n) is 7.46. The first kappa shape index (κ1) is 16.5. The molecule has 1 aliphatic heterocycles. The minimum atomic E-state index is -4.89. The van der Waals surface area contributed by atoms with Crippen molar-refractivity contribution >= 4 is 5.71 Å². The topological polar surface area (TPSA) is 59.6 Å². The van der Waals surface area contributed by atoms with Crippen LogP contribution in [0.2, 0.25) is 0 Å². The summed E-state index contributed by atoms with van der Waals surface area (Å²) in [5.74, 6) is -3.24. The molecule has 1 aliphatic rings. The fraction of sp³-hybridized carbons (Fsp3) is 0.375. The van der Waals surface area contributed by atoms with Crippen LogP contribution in [-0.2, 0) is 17.8 Å². The highest BCUT2D eigenvalue weighted by atomic mass is 19.4. The molecule has 1 atom stereocenters. The lowest BCUT2D eigenvalue weighted by atomic mass is 10.0. The Balaban J connectivity index is 1.72. The molecular weight excluding hydrogens is 323 g/mol. The van der Waals surface area contributed by atoms with Crippen LogP contribution in [0.3, 0.4) is 0 Å². The summed E-state index contributed by atoms with van der Waals surface area (Å²) in [6, 6.07) is 8.90. The molecule has 0 saturated heterocycles. The van der Waals surface area contributed by atoms with Gasteiger partial charge in [0.15, 0.2) is 0 Å². The molecule has 2 heterocycles. The number of benzene rings is 1. The predicted octanol–water partition coefficient (Wildman–Crippen LogP) is 2.87. The molecule has 0 aliphatic carbocycles. The third-order valence-electron chi connectivity index (χ3n) is 3.93. The second-order valence-electron chi connectivity index (χ2n) is 5.60. The number of rotatable bonds is 4. The number of oxime groups is 1. The molecule has 0 saturated carbocycles. The number of aliphatic hydroxyl groups is 1. The van der Waals surface area contributed by atoms with E-state index in [1.165, 1.54) is 0 Å². The van der Waals surface area contributed by atoms with Gasteiger partial charge in [0.05, 0.1) is 12.1 Å². The Morgan fingerprint density at radius 3 is 2.54 bits per heavy atom. The maximum atomic E-state index is 12.7. The maximum absolute atomic E-state index is 12.7. The Morgan fingerprint density at radius 1 is 1.25 bits per heavy atom. The molecule has 0 amide bonds. The zero-order valence-electron chi connectivity index (χ0n) is 12.9. The molecule has 1 N–H and O–H groups in total. The number of halogens is 3. The van der Waals surface area contributed by atoms with Crippen LogP contribution in [0, 0.1) is 0 Å². The Kier molecular flexibility index (Phi) is 4.08. The molecule has 8 heteroatoms. The molecule has 1 aromatic carbocycles. The highest BCUT2D eigenvalue weighted by molar-refractivity contribution is 6.01. The lowest BCUT2D eigenvalue weighted by molar-refractivity contribution is -0.355. The molecule has 1 unspecified atom stereocenters. The molecule has 24 heavy (non-hydrogen) atoms. The predicted molar refractivity (Wildman–Crippen MR) is 80.4 cm³/mol. The smallest absolute Gasteiger partial charge is 0.350 e. The molecule has 5 nitrogen and oxygen atoms in total. The van der Waals surface area contributed by atoms with E-state index in [2.05, 4.69) is 15.1 Å². The van der Waals surface area contributed by atoms with Gasteiger partial charge in [-0.2, -0.15) is 18.3 Å². The summed E-state index contributed by atoms with van der Waals surface area (Å²) in [6.07, 6.45) is -3.21. The van der Waals surface area contributed by atoms with Gasteiger partial charge in [-0.15, -0.1) is 0 Å². The van der Waals surface area contributed by atoms with Gasteiger partial charge in [-0.25, -0.2) is 0 Å². The molecular formula is C16H16F3N3O2. The molecule has 128 valence electrons. The van der Waals surface area contributed by atoms with Crippen molar-refractivity contribution in [1.29, 1.82) is 0 Å². The first-order valence-corrected chi connectivity index (χ1v) is 7.46. The van der Waals surface area contributed by atoms with Gasteiger partial charge in [0.1, 0.15) is 0 Å². The van der Waals surface area contributed by atoms with E-state index in [0.29, 0.717) is 12.0 Å².